The van der Waals surface area contributed by atoms with Crippen LogP contribution in [0.2, 0.25) is 5.02 Å². The van der Waals surface area contributed by atoms with Crippen molar-refractivity contribution in [3.8, 4) is 11.3 Å². The summed E-state index contributed by atoms with van der Waals surface area (Å²) in [6.45, 7) is 1.07. The topological polar surface area (TPSA) is 112 Å². The van der Waals surface area contributed by atoms with Crippen molar-refractivity contribution in [2.45, 2.75) is 13.5 Å². The van der Waals surface area contributed by atoms with Crippen molar-refractivity contribution in [3.63, 3.8) is 0 Å². The number of nitrogens with zero attached hydrogens (tertiary/aromatic N) is 1. The lowest BCUT2D eigenvalue weighted by atomic mass is 10.1. The molecule has 3 aromatic rings. The standard InChI is InChI=1S/C21H17ClN2O6/c1-13-3-2-4-17(24(27)28)20(13)21(26)29-12-19(25)23-11-16-9-10-18(30-16)14-5-7-15(22)8-6-14/h2-10H,11-12H2,1H3,(H,23,25). The second-order valence-electron chi connectivity index (χ2n) is 6.35. The predicted molar refractivity (Wildman–Crippen MR) is 109 cm³/mol. The maximum atomic E-state index is 12.2. The highest BCUT2D eigenvalue weighted by atomic mass is 35.5. The average molecular weight is 429 g/mol. The van der Waals surface area contributed by atoms with Crippen LogP contribution in [0.25, 0.3) is 11.3 Å². The lowest BCUT2D eigenvalue weighted by Crippen LogP contribution is -2.28. The minimum atomic E-state index is -0.932. The summed E-state index contributed by atoms with van der Waals surface area (Å²) in [5, 5.41) is 14.3. The van der Waals surface area contributed by atoms with Gasteiger partial charge in [0, 0.05) is 16.7 Å². The van der Waals surface area contributed by atoms with Crippen LogP contribution in [-0.2, 0) is 16.1 Å². The lowest BCUT2D eigenvalue weighted by Gasteiger charge is -2.08. The number of carbonyl (C=O) groups excluding carboxylic acids is 2. The number of carbonyl (C=O) groups is 2. The Kier molecular flexibility index (Phi) is 6.48. The molecule has 0 saturated carbocycles. The second kappa shape index (κ2) is 9.23. The van der Waals surface area contributed by atoms with E-state index >= 15 is 0 Å². The number of hydrogen-bond acceptors (Lipinski definition) is 6. The molecule has 8 nitrogen and oxygen atoms in total. The molecule has 0 aliphatic rings. The quantitative estimate of drug-likeness (QED) is 0.341. The molecule has 0 aliphatic carbocycles. The summed E-state index contributed by atoms with van der Waals surface area (Å²) in [4.78, 5) is 34.6. The molecule has 1 aromatic heterocycles. The molecule has 0 atom stereocenters. The SMILES string of the molecule is Cc1cccc([N+](=O)[O-])c1C(=O)OCC(=O)NCc1ccc(-c2ccc(Cl)cc2)o1. The Morgan fingerprint density at radius 3 is 2.57 bits per heavy atom. The van der Waals surface area contributed by atoms with Gasteiger partial charge in [-0.3, -0.25) is 14.9 Å². The van der Waals surface area contributed by atoms with E-state index in [0.717, 1.165) is 5.56 Å². The van der Waals surface area contributed by atoms with E-state index in [1.807, 2.05) is 12.1 Å². The van der Waals surface area contributed by atoms with E-state index in [0.29, 0.717) is 22.1 Å². The number of ether oxygens (including phenoxy) is 1. The summed E-state index contributed by atoms with van der Waals surface area (Å²) in [6, 6.07) is 14.8. The van der Waals surface area contributed by atoms with E-state index in [4.69, 9.17) is 20.8 Å². The third-order valence-electron chi connectivity index (χ3n) is 4.24. The second-order valence-corrected chi connectivity index (χ2v) is 6.79. The van der Waals surface area contributed by atoms with Gasteiger partial charge >= 0.3 is 5.97 Å². The van der Waals surface area contributed by atoms with Gasteiger partial charge in [0.05, 0.1) is 11.5 Å². The van der Waals surface area contributed by atoms with Crippen molar-refractivity contribution in [2.24, 2.45) is 0 Å². The zero-order valence-electron chi connectivity index (χ0n) is 15.9. The van der Waals surface area contributed by atoms with Crippen molar-refractivity contribution >= 4 is 29.2 Å². The Morgan fingerprint density at radius 1 is 1.13 bits per heavy atom. The van der Waals surface area contributed by atoms with Gasteiger partial charge in [0.25, 0.3) is 11.6 Å². The van der Waals surface area contributed by atoms with E-state index in [2.05, 4.69) is 5.32 Å². The van der Waals surface area contributed by atoms with Crippen LogP contribution >= 0.6 is 11.6 Å². The van der Waals surface area contributed by atoms with Crippen LogP contribution in [0, 0.1) is 17.0 Å². The molecular weight excluding hydrogens is 412 g/mol. The molecular formula is C21H17ClN2O6. The summed E-state index contributed by atoms with van der Waals surface area (Å²) in [6.07, 6.45) is 0. The van der Waals surface area contributed by atoms with E-state index in [1.54, 1.807) is 37.3 Å². The Labute approximate surface area is 176 Å². The van der Waals surface area contributed by atoms with Crippen molar-refractivity contribution < 1.29 is 23.7 Å². The molecule has 2 aromatic carbocycles. The van der Waals surface area contributed by atoms with Gasteiger partial charge in [-0.2, -0.15) is 0 Å². The van der Waals surface area contributed by atoms with Crippen molar-refractivity contribution in [1.29, 1.82) is 0 Å². The molecule has 0 radical (unpaired) electrons. The van der Waals surface area contributed by atoms with Crippen LogP contribution in [0.1, 0.15) is 21.7 Å². The zero-order valence-corrected chi connectivity index (χ0v) is 16.6. The highest BCUT2D eigenvalue weighted by molar-refractivity contribution is 6.30. The fourth-order valence-corrected chi connectivity index (χ4v) is 2.88. The summed E-state index contributed by atoms with van der Waals surface area (Å²) in [5.74, 6) is -0.370. The van der Waals surface area contributed by atoms with Gasteiger partial charge in [0.2, 0.25) is 0 Å². The first kappa shape index (κ1) is 21.1. The van der Waals surface area contributed by atoms with Crippen LogP contribution < -0.4 is 5.32 Å². The Bertz CT molecular complexity index is 1090. The number of benzene rings is 2. The number of furan rings is 1. The van der Waals surface area contributed by atoms with Crippen LogP contribution in [0.15, 0.2) is 59.0 Å². The Morgan fingerprint density at radius 2 is 1.87 bits per heavy atom. The highest BCUT2D eigenvalue weighted by Gasteiger charge is 2.24. The van der Waals surface area contributed by atoms with Gasteiger partial charge in [-0.05, 0) is 48.9 Å². The zero-order chi connectivity index (χ0) is 21.7. The number of nitro benzene ring substituents is 1. The first-order valence-corrected chi connectivity index (χ1v) is 9.25. The van der Waals surface area contributed by atoms with Gasteiger partial charge in [0.15, 0.2) is 6.61 Å². The van der Waals surface area contributed by atoms with Crippen LogP contribution in [0.3, 0.4) is 0 Å². The number of esters is 1. The minimum Gasteiger partial charge on any atom is -0.459 e. The van der Waals surface area contributed by atoms with Gasteiger partial charge in [-0.1, -0.05) is 23.7 Å². The predicted octanol–water partition coefficient (Wildman–Crippen LogP) is 4.29. The number of rotatable bonds is 7. The third-order valence-corrected chi connectivity index (χ3v) is 4.49. The van der Waals surface area contributed by atoms with Crippen molar-refractivity contribution in [2.75, 3.05) is 6.61 Å². The molecule has 0 fully saturated rings. The molecule has 154 valence electrons. The van der Waals surface area contributed by atoms with Crippen LogP contribution in [-0.4, -0.2) is 23.4 Å². The first-order valence-electron chi connectivity index (χ1n) is 8.87. The fourth-order valence-electron chi connectivity index (χ4n) is 2.75. The first-order chi connectivity index (χ1) is 14.3. The number of nitro groups is 1. The highest BCUT2D eigenvalue weighted by Crippen LogP contribution is 2.24. The molecule has 1 amide bonds. The Hall–Kier alpha value is -3.65. The van der Waals surface area contributed by atoms with Gasteiger partial charge in [0.1, 0.15) is 17.1 Å². The summed E-state index contributed by atoms with van der Waals surface area (Å²) in [5.41, 5.74) is 0.685. The number of halogens is 1. The minimum absolute atomic E-state index is 0.0918. The Balaban J connectivity index is 1.54. The normalized spacial score (nSPS) is 10.5. The molecule has 0 saturated heterocycles. The fraction of sp³-hybridized carbons (Fsp3) is 0.143. The van der Waals surface area contributed by atoms with Gasteiger partial charge in [-0.25, -0.2) is 4.79 Å². The van der Waals surface area contributed by atoms with Gasteiger partial charge < -0.3 is 14.5 Å². The monoisotopic (exact) mass is 428 g/mol. The molecule has 1 heterocycles. The largest absolute Gasteiger partial charge is 0.459 e. The average Bonchev–Trinajstić information content (AvgIpc) is 3.19. The summed E-state index contributed by atoms with van der Waals surface area (Å²) < 4.78 is 10.6. The summed E-state index contributed by atoms with van der Waals surface area (Å²) in [7, 11) is 0. The van der Waals surface area contributed by atoms with E-state index < -0.39 is 23.4 Å². The number of aryl methyl sites for hydroxylation is 1. The molecule has 0 unspecified atom stereocenters. The maximum Gasteiger partial charge on any atom is 0.345 e. The molecule has 3 rings (SSSR count). The molecule has 30 heavy (non-hydrogen) atoms. The van der Waals surface area contributed by atoms with Gasteiger partial charge in [-0.15, -0.1) is 0 Å². The maximum absolute atomic E-state index is 12.2. The molecule has 0 bridgehead atoms. The van der Waals surface area contributed by atoms with E-state index in [1.165, 1.54) is 12.1 Å². The number of nitrogens with one attached hydrogen (secondary N) is 1. The summed E-state index contributed by atoms with van der Waals surface area (Å²) >= 11 is 5.87. The van der Waals surface area contributed by atoms with E-state index in [-0.39, 0.29) is 17.8 Å². The molecule has 0 aliphatic heterocycles. The smallest absolute Gasteiger partial charge is 0.345 e. The molecule has 0 spiro atoms. The van der Waals surface area contributed by atoms with E-state index in [9.17, 15) is 19.7 Å². The third kappa shape index (κ3) is 5.03. The number of hydrogen-bond donors (Lipinski definition) is 1. The lowest BCUT2D eigenvalue weighted by molar-refractivity contribution is -0.385. The van der Waals surface area contributed by atoms with Crippen LogP contribution in [0.4, 0.5) is 5.69 Å². The molecule has 1 N–H and O–H groups in total. The molecule has 9 heteroatoms. The number of amides is 1. The van der Waals surface area contributed by atoms with Crippen molar-refractivity contribution in [3.05, 3.63) is 86.6 Å². The van der Waals surface area contributed by atoms with Crippen LogP contribution in [0.5, 0.6) is 0 Å². The van der Waals surface area contributed by atoms with Crippen molar-refractivity contribution in [1.82, 2.24) is 5.32 Å².